The first-order valence-corrected chi connectivity index (χ1v) is 5.30. The van der Waals surface area contributed by atoms with E-state index in [1.165, 1.54) is 5.56 Å². The predicted molar refractivity (Wildman–Crippen MR) is 57.8 cm³/mol. The van der Waals surface area contributed by atoms with Crippen LogP contribution in [0, 0.1) is 5.41 Å². The van der Waals surface area contributed by atoms with Gasteiger partial charge in [-0.3, -0.25) is 0 Å². The van der Waals surface area contributed by atoms with Crippen LogP contribution in [-0.2, 0) is 6.42 Å². The van der Waals surface area contributed by atoms with E-state index in [4.69, 9.17) is 22.1 Å². The van der Waals surface area contributed by atoms with Gasteiger partial charge in [0, 0.05) is 17.8 Å². The molecule has 3 heteroatoms. The minimum atomic E-state index is -0.0735. The molecule has 0 aliphatic carbocycles. The van der Waals surface area contributed by atoms with E-state index < -0.39 is 0 Å². The molecule has 0 saturated carbocycles. The highest BCUT2D eigenvalue weighted by molar-refractivity contribution is 6.18. The Balaban J connectivity index is 2.28. The van der Waals surface area contributed by atoms with Crippen molar-refractivity contribution in [1.29, 1.82) is 0 Å². The molecule has 1 aliphatic rings. The van der Waals surface area contributed by atoms with E-state index in [0.717, 1.165) is 12.2 Å². The van der Waals surface area contributed by atoms with Crippen molar-refractivity contribution in [2.45, 2.75) is 6.42 Å². The van der Waals surface area contributed by atoms with Gasteiger partial charge in [-0.1, -0.05) is 18.2 Å². The summed E-state index contributed by atoms with van der Waals surface area (Å²) < 4.78 is 5.66. The summed E-state index contributed by atoms with van der Waals surface area (Å²) in [6, 6.07) is 8.06. The van der Waals surface area contributed by atoms with Crippen molar-refractivity contribution in [3.8, 4) is 5.75 Å². The van der Waals surface area contributed by atoms with Crippen LogP contribution in [0.3, 0.4) is 0 Å². The smallest absolute Gasteiger partial charge is 0.122 e. The van der Waals surface area contributed by atoms with E-state index in [2.05, 4.69) is 6.07 Å². The molecule has 0 spiro atoms. The Morgan fingerprint density at radius 2 is 2.21 bits per heavy atom. The first-order valence-electron chi connectivity index (χ1n) is 4.76. The molecule has 2 nitrogen and oxygen atoms in total. The van der Waals surface area contributed by atoms with Crippen LogP contribution >= 0.6 is 11.6 Å². The predicted octanol–water partition coefficient (Wildman–Crippen LogP) is 1.81. The molecule has 0 radical (unpaired) electrons. The van der Waals surface area contributed by atoms with Gasteiger partial charge < -0.3 is 10.5 Å². The Hall–Kier alpha value is -0.730. The molecule has 1 heterocycles. The van der Waals surface area contributed by atoms with Crippen molar-refractivity contribution in [3.05, 3.63) is 29.8 Å². The Morgan fingerprint density at radius 1 is 1.43 bits per heavy atom. The molecule has 1 aromatic carbocycles. The van der Waals surface area contributed by atoms with Crippen LogP contribution in [0.5, 0.6) is 5.75 Å². The van der Waals surface area contributed by atoms with Crippen LogP contribution in [0.25, 0.3) is 0 Å². The lowest BCUT2D eigenvalue weighted by atomic mass is 9.82. The number of halogens is 1. The molecule has 0 bridgehead atoms. The minimum absolute atomic E-state index is 0.0735. The first-order chi connectivity index (χ1) is 6.79. The van der Waals surface area contributed by atoms with Crippen molar-refractivity contribution in [1.82, 2.24) is 0 Å². The number of benzene rings is 1. The van der Waals surface area contributed by atoms with Gasteiger partial charge in [-0.25, -0.2) is 0 Å². The maximum absolute atomic E-state index is 5.94. The quantitative estimate of drug-likeness (QED) is 0.758. The number of alkyl halides is 1. The molecule has 76 valence electrons. The fourth-order valence-corrected chi connectivity index (χ4v) is 2.03. The molecule has 14 heavy (non-hydrogen) atoms. The molecule has 0 fully saturated rings. The van der Waals surface area contributed by atoms with E-state index in [1.54, 1.807) is 0 Å². The molecular formula is C11H14ClNO. The van der Waals surface area contributed by atoms with Gasteiger partial charge in [0.15, 0.2) is 0 Å². The molecule has 1 aliphatic heterocycles. The molecule has 2 rings (SSSR count). The van der Waals surface area contributed by atoms with Gasteiger partial charge in [0.25, 0.3) is 0 Å². The Bertz CT molecular complexity index is 323. The standard InChI is InChI=1S/C11H14ClNO/c12-6-11(7-13)5-9-3-1-2-4-10(9)14-8-11/h1-4H,5-8,13H2. The zero-order valence-corrected chi connectivity index (χ0v) is 8.76. The zero-order chi connectivity index (χ0) is 10.0. The van der Waals surface area contributed by atoms with Crippen LogP contribution < -0.4 is 10.5 Å². The summed E-state index contributed by atoms with van der Waals surface area (Å²) in [5.74, 6) is 1.53. The number of hydrogen-bond acceptors (Lipinski definition) is 2. The maximum Gasteiger partial charge on any atom is 0.122 e. The number of nitrogens with two attached hydrogens (primary N) is 1. The van der Waals surface area contributed by atoms with Crippen molar-refractivity contribution in [3.63, 3.8) is 0 Å². The lowest BCUT2D eigenvalue weighted by Gasteiger charge is -2.35. The average Bonchev–Trinajstić information content (AvgIpc) is 2.28. The third-order valence-corrected chi connectivity index (χ3v) is 3.36. The van der Waals surface area contributed by atoms with E-state index in [9.17, 15) is 0 Å². The van der Waals surface area contributed by atoms with Crippen molar-refractivity contribution in [2.75, 3.05) is 19.0 Å². The molecular weight excluding hydrogens is 198 g/mol. The third-order valence-electron chi connectivity index (χ3n) is 2.79. The summed E-state index contributed by atoms with van der Waals surface area (Å²) >= 11 is 5.94. The Kier molecular flexibility index (Phi) is 2.66. The Morgan fingerprint density at radius 3 is 2.93 bits per heavy atom. The topological polar surface area (TPSA) is 35.2 Å². The molecule has 0 aromatic heterocycles. The Labute approximate surface area is 89.0 Å². The SMILES string of the molecule is NCC1(CCl)COc2ccccc2C1. The van der Waals surface area contributed by atoms with Crippen molar-refractivity contribution >= 4 is 11.6 Å². The van der Waals surface area contributed by atoms with E-state index in [0.29, 0.717) is 19.0 Å². The molecule has 0 amide bonds. The fourth-order valence-electron chi connectivity index (χ4n) is 1.75. The second-order valence-electron chi connectivity index (χ2n) is 3.91. The minimum Gasteiger partial charge on any atom is -0.493 e. The lowest BCUT2D eigenvalue weighted by molar-refractivity contribution is 0.147. The highest BCUT2D eigenvalue weighted by atomic mass is 35.5. The molecule has 1 aromatic rings. The monoisotopic (exact) mass is 211 g/mol. The van der Waals surface area contributed by atoms with Crippen LogP contribution in [0.15, 0.2) is 24.3 Å². The highest BCUT2D eigenvalue weighted by Crippen LogP contribution is 2.34. The van der Waals surface area contributed by atoms with Crippen molar-refractivity contribution in [2.24, 2.45) is 11.1 Å². The number of rotatable bonds is 2. The summed E-state index contributed by atoms with van der Waals surface area (Å²) in [7, 11) is 0. The molecule has 0 saturated heterocycles. The van der Waals surface area contributed by atoms with Gasteiger partial charge in [0.1, 0.15) is 5.75 Å². The number of para-hydroxylation sites is 1. The maximum atomic E-state index is 5.94. The van der Waals surface area contributed by atoms with Gasteiger partial charge in [-0.05, 0) is 18.1 Å². The van der Waals surface area contributed by atoms with Gasteiger partial charge in [0.2, 0.25) is 0 Å². The van der Waals surface area contributed by atoms with Crippen LogP contribution in [0.4, 0.5) is 0 Å². The lowest BCUT2D eigenvalue weighted by Crippen LogP contribution is -2.42. The van der Waals surface area contributed by atoms with Gasteiger partial charge in [-0.2, -0.15) is 0 Å². The summed E-state index contributed by atoms with van der Waals surface area (Å²) in [5, 5.41) is 0. The number of ether oxygens (including phenoxy) is 1. The van der Waals surface area contributed by atoms with E-state index in [-0.39, 0.29) is 5.41 Å². The van der Waals surface area contributed by atoms with Crippen LogP contribution in [-0.4, -0.2) is 19.0 Å². The average molecular weight is 212 g/mol. The van der Waals surface area contributed by atoms with Gasteiger partial charge in [0.05, 0.1) is 6.61 Å². The first kappa shape index (κ1) is 9.81. The van der Waals surface area contributed by atoms with E-state index >= 15 is 0 Å². The summed E-state index contributed by atoms with van der Waals surface area (Å²) in [6.45, 7) is 1.20. The normalized spacial score (nSPS) is 25.3. The molecule has 1 atom stereocenters. The van der Waals surface area contributed by atoms with Crippen LogP contribution in [0.1, 0.15) is 5.56 Å². The number of hydrogen-bond donors (Lipinski definition) is 1. The molecule has 1 unspecified atom stereocenters. The fraction of sp³-hybridized carbons (Fsp3) is 0.455. The second kappa shape index (κ2) is 3.79. The van der Waals surface area contributed by atoms with E-state index in [1.807, 2.05) is 18.2 Å². The summed E-state index contributed by atoms with van der Waals surface area (Å²) in [6.07, 6.45) is 0.920. The van der Waals surface area contributed by atoms with Crippen LogP contribution in [0.2, 0.25) is 0 Å². The van der Waals surface area contributed by atoms with Gasteiger partial charge >= 0.3 is 0 Å². The second-order valence-corrected chi connectivity index (χ2v) is 4.18. The van der Waals surface area contributed by atoms with Crippen molar-refractivity contribution < 1.29 is 4.74 Å². The molecule has 2 N–H and O–H groups in total. The van der Waals surface area contributed by atoms with Gasteiger partial charge in [-0.15, -0.1) is 11.6 Å². The largest absolute Gasteiger partial charge is 0.493 e. The zero-order valence-electron chi connectivity index (χ0n) is 8.00. The highest BCUT2D eigenvalue weighted by Gasteiger charge is 2.33. The number of fused-ring (bicyclic) bond motifs is 1. The third kappa shape index (κ3) is 1.60. The summed E-state index contributed by atoms with van der Waals surface area (Å²) in [5.41, 5.74) is 6.88. The summed E-state index contributed by atoms with van der Waals surface area (Å²) in [4.78, 5) is 0.